The molecule has 1 aliphatic heterocycles. The van der Waals surface area contributed by atoms with E-state index in [1.807, 2.05) is 18.2 Å². The highest BCUT2D eigenvalue weighted by molar-refractivity contribution is 9.10. The first-order chi connectivity index (χ1) is 15.9. The van der Waals surface area contributed by atoms with Gasteiger partial charge in [-0.05, 0) is 64.5 Å². The van der Waals surface area contributed by atoms with Gasteiger partial charge in [0.2, 0.25) is 0 Å². The Bertz CT molecular complexity index is 1340. The van der Waals surface area contributed by atoms with Crippen LogP contribution in [-0.2, 0) is 5.41 Å². The van der Waals surface area contributed by atoms with Crippen molar-refractivity contribution in [3.8, 4) is 6.07 Å². The second-order valence-electron chi connectivity index (χ2n) is 10.3. The highest BCUT2D eigenvalue weighted by atomic mass is 79.9. The molecule has 2 fully saturated rings. The largest absolute Gasteiger partial charge is 0.368 e. The van der Waals surface area contributed by atoms with Crippen molar-refractivity contribution in [3.05, 3.63) is 62.8 Å². The number of nitrogens with one attached hydrogen (secondary N) is 1. The lowest BCUT2D eigenvalue weighted by Crippen LogP contribution is -2.47. The summed E-state index contributed by atoms with van der Waals surface area (Å²) in [7, 11) is 0. The molecule has 2 aromatic carbocycles. The number of nitriles is 1. The molecule has 1 saturated carbocycles. The number of ketones is 1. The second-order valence-corrected chi connectivity index (χ2v) is 11.1. The molecule has 0 bridgehead atoms. The fourth-order valence-electron chi connectivity index (χ4n) is 5.59. The summed E-state index contributed by atoms with van der Waals surface area (Å²) in [6.45, 7) is 9.81. The monoisotopic (exact) mass is 502 g/mol. The summed E-state index contributed by atoms with van der Waals surface area (Å²) < 4.78 is 0.983. The van der Waals surface area contributed by atoms with Gasteiger partial charge in [-0.3, -0.25) is 9.69 Å². The van der Waals surface area contributed by atoms with Gasteiger partial charge in [0.25, 0.3) is 0 Å². The lowest BCUT2D eigenvalue weighted by atomic mass is 9.71. The lowest BCUT2D eigenvalue weighted by Gasteiger charge is -2.38. The molecule has 1 saturated heterocycles. The molecule has 0 unspecified atom stereocenters. The van der Waals surface area contributed by atoms with Gasteiger partial charge in [0.1, 0.15) is 0 Å². The Morgan fingerprint density at radius 3 is 2.61 bits per heavy atom. The number of hydrogen-bond donors (Lipinski definition) is 1. The number of H-pyrrole nitrogens is 1. The van der Waals surface area contributed by atoms with Gasteiger partial charge in [-0.1, -0.05) is 19.9 Å². The molecule has 2 heterocycles. The average molecular weight is 503 g/mol. The van der Waals surface area contributed by atoms with Gasteiger partial charge in [-0.15, -0.1) is 0 Å². The fourth-order valence-corrected chi connectivity index (χ4v) is 6.18. The Labute approximate surface area is 202 Å². The highest BCUT2D eigenvalue weighted by Gasteiger charge is 2.40. The van der Waals surface area contributed by atoms with E-state index in [9.17, 15) is 10.1 Å². The molecular formula is C27H27BrN4O. The number of halogens is 1. The molecule has 1 N–H and O–H groups in total. The van der Waals surface area contributed by atoms with Crippen LogP contribution in [0.5, 0.6) is 0 Å². The summed E-state index contributed by atoms with van der Waals surface area (Å²) in [5, 5.41) is 10.2. The van der Waals surface area contributed by atoms with Crippen molar-refractivity contribution >= 4 is 38.3 Å². The first-order valence-corrected chi connectivity index (χ1v) is 12.6. The van der Waals surface area contributed by atoms with E-state index in [1.165, 1.54) is 25.1 Å². The van der Waals surface area contributed by atoms with Crippen LogP contribution >= 0.6 is 15.9 Å². The van der Waals surface area contributed by atoms with Crippen LogP contribution in [0.1, 0.15) is 59.4 Å². The topological polar surface area (TPSA) is 63.1 Å². The van der Waals surface area contributed by atoms with E-state index >= 15 is 0 Å². The summed E-state index contributed by atoms with van der Waals surface area (Å²) in [5.41, 5.74) is 5.76. The standard InChI is InChI=1S/C27H27BrN4O/c1-27(2)20-13-23(32-9-7-31(8-10-32)15-16-3-4-16)21(28)12-19(20)25(33)24-18-6-5-17(14-29)11-22(18)30-26(24)27/h5-6,11-13,16,30H,3-4,7-10,15H2,1-2H3. The summed E-state index contributed by atoms with van der Waals surface area (Å²) >= 11 is 3.79. The van der Waals surface area contributed by atoms with Crippen LogP contribution in [0.4, 0.5) is 5.69 Å². The Kier molecular flexibility index (Phi) is 4.73. The first-order valence-electron chi connectivity index (χ1n) is 11.8. The van der Waals surface area contributed by atoms with E-state index in [-0.39, 0.29) is 11.2 Å². The summed E-state index contributed by atoms with van der Waals surface area (Å²) in [6, 6.07) is 12.0. The molecule has 3 aliphatic rings. The predicted molar refractivity (Wildman–Crippen MR) is 134 cm³/mol. The van der Waals surface area contributed by atoms with Crippen molar-refractivity contribution in [3.63, 3.8) is 0 Å². The zero-order valence-corrected chi connectivity index (χ0v) is 20.6. The summed E-state index contributed by atoms with van der Waals surface area (Å²) in [6.07, 6.45) is 2.79. The van der Waals surface area contributed by atoms with Crippen LogP contribution in [-0.4, -0.2) is 48.4 Å². The molecule has 168 valence electrons. The van der Waals surface area contributed by atoms with Gasteiger partial charge in [-0.2, -0.15) is 5.26 Å². The number of anilines is 1. The SMILES string of the molecule is CC1(C)c2cc(N3CCN(CC4CC4)CC3)c(Br)cc2C(=O)c2c1[nH]c1cc(C#N)ccc21. The molecule has 0 radical (unpaired) electrons. The predicted octanol–water partition coefficient (Wildman–Crippen LogP) is 5.20. The molecule has 0 amide bonds. The minimum absolute atomic E-state index is 0.0526. The summed E-state index contributed by atoms with van der Waals surface area (Å²) in [4.78, 5) is 22.2. The van der Waals surface area contributed by atoms with Gasteiger partial charge >= 0.3 is 0 Å². The van der Waals surface area contributed by atoms with Crippen molar-refractivity contribution < 1.29 is 4.79 Å². The van der Waals surface area contributed by atoms with Gasteiger partial charge in [0.05, 0.1) is 22.9 Å². The first kappa shape index (κ1) is 20.9. The number of nitrogens with zero attached hydrogens (tertiary/aromatic N) is 3. The third kappa shape index (κ3) is 3.33. The molecule has 1 aromatic heterocycles. The molecule has 3 aromatic rings. The number of carbonyl (C=O) groups is 1. The third-order valence-electron chi connectivity index (χ3n) is 7.71. The van der Waals surface area contributed by atoms with Crippen molar-refractivity contribution in [2.24, 2.45) is 5.92 Å². The quantitative estimate of drug-likeness (QED) is 0.534. The van der Waals surface area contributed by atoms with E-state index in [1.54, 1.807) is 6.07 Å². The van der Waals surface area contributed by atoms with E-state index < -0.39 is 0 Å². The Morgan fingerprint density at radius 2 is 1.91 bits per heavy atom. The minimum Gasteiger partial charge on any atom is -0.368 e. The van der Waals surface area contributed by atoms with E-state index in [0.29, 0.717) is 5.56 Å². The Morgan fingerprint density at radius 1 is 1.15 bits per heavy atom. The molecule has 0 spiro atoms. The van der Waals surface area contributed by atoms with E-state index in [4.69, 9.17) is 0 Å². The fraction of sp³-hybridized carbons (Fsp3) is 0.407. The molecule has 5 nitrogen and oxygen atoms in total. The number of benzene rings is 2. The maximum atomic E-state index is 13.7. The van der Waals surface area contributed by atoms with Crippen molar-refractivity contribution in [1.82, 2.24) is 9.88 Å². The maximum Gasteiger partial charge on any atom is 0.195 e. The highest BCUT2D eigenvalue weighted by Crippen LogP contribution is 2.46. The van der Waals surface area contributed by atoms with Gasteiger partial charge < -0.3 is 9.88 Å². The molecule has 33 heavy (non-hydrogen) atoms. The number of rotatable bonds is 3. The van der Waals surface area contributed by atoms with Gasteiger partial charge in [-0.25, -0.2) is 0 Å². The third-order valence-corrected chi connectivity index (χ3v) is 8.35. The lowest BCUT2D eigenvalue weighted by molar-refractivity contribution is 0.103. The van der Waals surface area contributed by atoms with Crippen LogP contribution < -0.4 is 4.90 Å². The molecule has 2 aliphatic carbocycles. The number of piperazine rings is 1. The van der Waals surface area contributed by atoms with Crippen molar-refractivity contribution in [1.29, 1.82) is 5.26 Å². The molecule has 6 rings (SSSR count). The van der Waals surface area contributed by atoms with E-state index in [0.717, 1.165) is 69.9 Å². The summed E-state index contributed by atoms with van der Waals surface area (Å²) in [5.74, 6) is 0.977. The van der Waals surface area contributed by atoms with Crippen molar-refractivity contribution in [2.45, 2.75) is 32.1 Å². The smallest absolute Gasteiger partial charge is 0.195 e. The van der Waals surface area contributed by atoms with Crippen LogP contribution in [0, 0.1) is 17.2 Å². The van der Waals surface area contributed by atoms with Crippen LogP contribution in [0.15, 0.2) is 34.8 Å². The Hall–Kier alpha value is -2.62. The number of aromatic amines is 1. The number of fused-ring (bicyclic) bond motifs is 4. The molecule has 0 atom stereocenters. The maximum absolute atomic E-state index is 13.7. The molecular weight excluding hydrogens is 476 g/mol. The minimum atomic E-state index is -0.354. The normalized spacial score (nSPS) is 19.9. The average Bonchev–Trinajstić information content (AvgIpc) is 3.53. The number of carbonyl (C=O) groups excluding carboxylic acids is 1. The van der Waals surface area contributed by atoms with Gasteiger partial charge in [0.15, 0.2) is 5.78 Å². The Balaban J connectivity index is 1.39. The van der Waals surface area contributed by atoms with Crippen molar-refractivity contribution in [2.75, 3.05) is 37.6 Å². The second kappa shape index (κ2) is 7.44. The zero-order chi connectivity index (χ0) is 22.9. The van der Waals surface area contributed by atoms with Crippen LogP contribution in [0.3, 0.4) is 0 Å². The zero-order valence-electron chi connectivity index (χ0n) is 19.0. The van der Waals surface area contributed by atoms with Gasteiger partial charge in [0, 0.05) is 64.8 Å². The van der Waals surface area contributed by atoms with Crippen LogP contribution in [0.2, 0.25) is 0 Å². The van der Waals surface area contributed by atoms with Crippen LogP contribution in [0.25, 0.3) is 10.9 Å². The molecule has 6 heteroatoms. The van der Waals surface area contributed by atoms with E-state index in [2.05, 4.69) is 56.7 Å². The number of aromatic nitrogens is 1. The number of hydrogen-bond acceptors (Lipinski definition) is 4.